The second-order valence-electron chi connectivity index (χ2n) is 5.46. The van der Waals surface area contributed by atoms with Crippen molar-refractivity contribution < 1.29 is 0 Å². The molecule has 1 aromatic rings. The first-order chi connectivity index (χ1) is 8.24. The van der Waals surface area contributed by atoms with Gasteiger partial charge in [-0.1, -0.05) is 51.0 Å². The monoisotopic (exact) mass is 231 g/mol. The van der Waals surface area contributed by atoms with Gasteiger partial charge in [-0.05, 0) is 42.9 Å². The van der Waals surface area contributed by atoms with Crippen LogP contribution in [0.3, 0.4) is 0 Å². The number of nitrogens with one attached hydrogen (secondary N) is 1. The highest BCUT2D eigenvalue weighted by molar-refractivity contribution is 5.29. The highest BCUT2D eigenvalue weighted by Gasteiger charge is 2.31. The van der Waals surface area contributed by atoms with E-state index in [1.807, 2.05) is 0 Å². The fourth-order valence-corrected chi connectivity index (χ4v) is 3.32. The predicted octanol–water partition coefficient (Wildman–Crippen LogP) is 4.08. The molecule has 3 unspecified atom stereocenters. The number of hydrogen-bond donors (Lipinski definition) is 1. The van der Waals surface area contributed by atoms with E-state index in [-0.39, 0.29) is 0 Å². The molecule has 1 aliphatic carbocycles. The zero-order valence-corrected chi connectivity index (χ0v) is 11.4. The summed E-state index contributed by atoms with van der Waals surface area (Å²) < 4.78 is 0. The zero-order valence-electron chi connectivity index (χ0n) is 11.4. The Hall–Kier alpha value is -0.820. The van der Waals surface area contributed by atoms with Crippen LogP contribution < -0.4 is 5.32 Å². The van der Waals surface area contributed by atoms with Gasteiger partial charge >= 0.3 is 0 Å². The van der Waals surface area contributed by atoms with Crippen molar-refractivity contribution in [3.8, 4) is 0 Å². The van der Waals surface area contributed by atoms with Crippen molar-refractivity contribution >= 4 is 0 Å². The van der Waals surface area contributed by atoms with Crippen LogP contribution in [0.25, 0.3) is 0 Å². The number of hydrogen-bond acceptors (Lipinski definition) is 1. The summed E-state index contributed by atoms with van der Waals surface area (Å²) in [6, 6.07) is 9.40. The summed E-state index contributed by atoms with van der Waals surface area (Å²) in [5.41, 5.74) is 2.94. The fourth-order valence-electron chi connectivity index (χ4n) is 3.32. The third kappa shape index (κ3) is 2.71. The van der Waals surface area contributed by atoms with Gasteiger partial charge in [0, 0.05) is 6.04 Å². The normalized spacial score (nSPS) is 26.1. The lowest BCUT2D eigenvalue weighted by Gasteiger charge is -2.29. The lowest BCUT2D eigenvalue weighted by molar-refractivity contribution is 0.305. The van der Waals surface area contributed by atoms with Gasteiger partial charge in [-0.25, -0.2) is 0 Å². The molecule has 0 radical (unpaired) electrons. The van der Waals surface area contributed by atoms with E-state index < -0.39 is 0 Å². The van der Waals surface area contributed by atoms with Crippen LogP contribution in [0, 0.1) is 18.8 Å². The lowest BCUT2D eigenvalue weighted by Crippen LogP contribution is -2.30. The molecular weight excluding hydrogens is 206 g/mol. The second kappa shape index (κ2) is 5.68. The average Bonchev–Trinajstić information content (AvgIpc) is 2.74. The maximum absolute atomic E-state index is 3.71. The van der Waals surface area contributed by atoms with E-state index in [9.17, 15) is 0 Å². The van der Waals surface area contributed by atoms with E-state index in [4.69, 9.17) is 0 Å². The molecule has 0 bridgehead atoms. The van der Waals surface area contributed by atoms with Crippen molar-refractivity contribution in [1.82, 2.24) is 5.32 Å². The lowest BCUT2D eigenvalue weighted by atomic mass is 9.84. The van der Waals surface area contributed by atoms with Crippen molar-refractivity contribution in [2.75, 3.05) is 6.54 Å². The number of rotatable bonds is 4. The average molecular weight is 231 g/mol. The first kappa shape index (κ1) is 12.6. The Kier molecular flexibility index (Phi) is 4.22. The minimum Gasteiger partial charge on any atom is -0.310 e. The van der Waals surface area contributed by atoms with Crippen LogP contribution in [0.15, 0.2) is 24.3 Å². The molecule has 3 atom stereocenters. The van der Waals surface area contributed by atoms with E-state index in [1.165, 1.54) is 30.4 Å². The predicted molar refractivity (Wildman–Crippen MR) is 74.1 cm³/mol. The van der Waals surface area contributed by atoms with E-state index >= 15 is 0 Å². The third-order valence-corrected chi connectivity index (χ3v) is 4.30. The van der Waals surface area contributed by atoms with Crippen LogP contribution >= 0.6 is 0 Å². The Bertz CT molecular complexity index is 358. The van der Waals surface area contributed by atoms with Crippen LogP contribution in [0.4, 0.5) is 0 Å². The SMILES string of the molecule is CCNC(c1ccccc1C)C1CCCC1C. The summed E-state index contributed by atoms with van der Waals surface area (Å²) in [5, 5.41) is 3.71. The molecule has 1 fully saturated rings. The van der Waals surface area contributed by atoms with Crippen molar-refractivity contribution in [2.45, 2.75) is 46.1 Å². The molecule has 0 aliphatic heterocycles. The van der Waals surface area contributed by atoms with Gasteiger partial charge in [-0.15, -0.1) is 0 Å². The molecule has 1 aromatic carbocycles. The molecule has 0 amide bonds. The second-order valence-corrected chi connectivity index (χ2v) is 5.46. The van der Waals surface area contributed by atoms with E-state index in [1.54, 1.807) is 0 Å². The summed E-state index contributed by atoms with van der Waals surface area (Å²) in [7, 11) is 0. The highest BCUT2D eigenvalue weighted by atomic mass is 14.9. The maximum Gasteiger partial charge on any atom is 0.0353 e. The third-order valence-electron chi connectivity index (χ3n) is 4.30. The number of benzene rings is 1. The van der Waals surface area contributed by atoms with Crippen molar-refractivity contribution in [3.63, 3.8) is 0 Å². The molecule has 0 aromatic heterocycles. The van der Waals surface area contributed by atoms with Gasteiger partial charge in [0.2, 0.25) is 0 Å². The first-order valence-corrected chi connectivity index (χ1v) is 7.03. The summed E-state index contributed by atoms with van der Waals surface area (Å²) in [5.74, 6) is 1.68. The van der Waals surface area contributed by atoms with Crippen molar-refractivity contribution in [1.29, 1.82) is 0 Å². The minimum absolute atomic E-state index is 0.554. The molecule has 17 heavy (non-hydrogen) atoms. The van der Waals surface area contributed by atoms with Crippen LogP contribution in [-0.2, 0) is 0 Å². The van der Waals surface area contributed by atoms with Gasteiger partial charge in [0.15, 0.2) is 0 Å². The minimum atomic E-state index is 0.554. The molecule has 1 aliphatic rings. The molecule has 0 heterocycles. The van der Waals surface area contributed by atoms with Crippen LogP contribution in [0.1, 0.15) is 50.3 Å². The Labute approximate surface area is 106 Å². The maximum atomic E-state index is 3.71. The summed E-state index contributed by atoms with van der Waals surface area (Å²) >= 11 is 0. The van der Waals surface area contributed by atoms with Gasteiger partial charge in [0.25, 0.3) is 0 Å². The van der Waals surface area contributed by atoms with E-state index in [0.717, 1.165) is 18.4 Å². The standard InChI is InChI=1S/C16H25N/c1-4-17-16(15-11-7-9-13(15)3)14-10-6-5-8-12(14)2/h5-6,8,10,13,15-17H,4,7,9,11H2,1-3H3. The fraction of sp³-hybridized carbons (Fsp3) is 0.625. The van der Waals surface area contributed by atoms with Crippen LogP contribution in [0.5, 0.6) is 0 Å². The van der Waals surface area contributed by atoms with E-state index in [0.29, 0.717) is 6.04 Å². The topological polar surface area (TPSA) is 12.0 Å². The summed E-state index contributed by atoms with van der Waals surface area (Å²) in [4.78, 5) is 0. The first-order valence-electron chi connectivity index (χ1n) is 7.03. The van der Waals surface area contributed by atoms with Crippen molar-refractivity contribution in [3.05, 3.63) is 35.4 Å². The van der Waals surface area contributed by atoms with Gasteiger partial charge < -0.3 is 5.32 Å². The zero-order chi connectivity index (χ0) is 12.3. The molecule has 94 valence electrons. The number of aryl methyl sites for hydroxylation is 1. The summed E-state index contributed by atoms with van der Waals surface area (Å²) in [6.45, 7) is 7.92. The Morgan fingerprint density at radius 3 is 2.65 bits per heavy atom. The highest BCUT2D eigenvalue weighted by Crippen LogP contribution is 2.40. The van der Waals surface area contributed by atoms with Gasteiger partial charge in [0.05, 0.1) is 0 Å². The Morgan fingerprint density at radius 1 is 1.29 bits per heavy atom. The molecule has 1 saturated carbocycles. The van der Waals surface area contributed by atoms with Gasteiger partial charge in [-0.2, -0.15) is 0 Å². The largest absolute Gasteiger partial charge is 0.310 e. The van der Waals surface area contributed by atoms with Gasteiger partial charge in [0.1, 0.15) is 0 Å². The quantitative estimate of drug-likeness (QED) is 0.823. The molecular formula is C16H25N. The van der Waals surface area contributed by atoms with Crippen molar-refractivity contribution in [2.24, 2.45) is 11.8 Å². The van der Waals surface area contributed by atoms with Crippen LogP contribution in [-0.4, -0.2) is 6.54 Å². The Balaban J connectivity index is 2.25. The molecule has 2 rings (SSSR count). The Morgan fingerprint density at radius 2 is 2.06 bits per heavy atom. The molecule has 1 nitrogen and oxygen atoms in total. The molecule has 0 spiro atoms. The summed E-state index contributed by atoms with van der Waals surface area (Å²) in [6.07, 6.45) is 4.19. The van der Waals surface area contributed by atoms with Gasteiger partial charge in [-0.3, -0.25) is 0 Å². The molecule has 0 saturated heterocycles. The van der Waals surface area contributed by atoms with E-state index in [2.05, 4.69) is 50.4 Å². The van der Waals surface area contributed by atoms with Crippen LogP contribution in [0.2, 0.25) is 0 Å². The molecule has 1 N–H and O–H groups in total. The molecule has 1 heteroatoms. The smallest absolute Gasteiger partial charge is 0.0353 e.